The van der Waals surface area contributed by atoms with Gasteiger partial charge in [-0.1, -0.05) is 12.1 Å². The second-order valence-corrected chi connectivity index (χ2v) is 9.15. The predicted octanol–water partition coefficient (Wildman–Crippen LogP) is 3.55. The van der Waals surface area contributed by atoms with Crippen LogP contribution in [0.25, 0.3) is 32.2 Å². The van der Waals surface area contributed by atoms with Gasteiger partial charge in [-0.15, -0.1) is 0 Å². The van der Waals surface area contributed by atoms with Crippen molar-refractivity contribution in [1.29, 1.82) is 0 Å². The van der Waals surface area contributed by atoms with E-state index in [4.69, 9.17) is 0 Å². The lowest BCUT2D eigenvalue weighted by Gasteiger charge is -2.14. The first kappa shape index (κ1) is 20.6. The Kier molecular flexibility index (Phi) is 4.94. The van der Waals surface area contributed by atoms with Crippen LogP contribution >= 0.6 is 11.5 Å². The number of aromatic nitrogens is 2. The predicted molar refractivity (Wildman–Crippen MR) is 125 cm³/mol. The molecule has 1 saturated carbocycles. The molecule has 0 saturated heterocycles. The normalized spacial score (nSPS) is 13.9. The molecule has 0 radical (unpaired) electrons. The lowest BCUT2D eigenvalue weighted by molar-refractivity contribution is -0.116. The highest BCUT2D eigenvalue weighted by Crippen LogP contribution is 2.40. The van der Waals surface area contributed by atoms with Gasteiger partial charge in [0.1, 0.15) is 16.0 Å². The number of amides is 1. The van der Waals surface area contributed by atoms with Gasteiger partial charge < -0.3 is 14.8 Å². The monoisotopic (exact) mass is 452 g/mol. The molecular weight excluding hydrogens is 431 g/mol. The fourth-order valence-corrected chi connectivity index (χ4v) is 4.91. The van der Waals surface area contributed by atoms with E-state index in [-0.39, 0.29) is 29.3 Å². The highest BCUT2D eigenvalue weighted by Gasteiger charge is 2.29. The van der Waals surface area contributed by atoms with Gasteiger partial charge in [-0.05, 0) is 68.3 Å². The Hall–Kier alpha value is -3.30. The zero-order valence-corrected chi connectivity index (χ0v) is 18.4. The van der Waals surface area contributed by atoms with E-state index in [1.165, 1.54) is 6.07 Å². The number of pyridine rings is 1. The van der Waals surface area contributed by atoms with Crippen molar-refractivity contribution in [2.45, 2.75) is 18.9 Å². The Morgan fingerprint density at radius 2 is 1.94 bits per heavy atom. The molecule has 32 heavy (non-hydrogen) atoms. The number of carbonyl (C=O) groups excluding carboxylic acids is 1. The first-order chi connectivity index (χ1) is 15.3. The molecule has 1 fully saturated rings. The van der Waals surface area contributed by atoms with Gasteiger partial charge in [-0.25, -0.2) is 4.39 Å². The molecule has 2 heterocycles. The molecule has 0 unspecified atom stereocenters. The Balaban J connectivity index is 1.61. The maximum Gasteiger partial charge on any atom is 0.271 e. The first-order valence-electron chi connectivity index (χ1n) is 10.3. The summed E-state index contributed by atoms with van der Waals surface area (Å²) in [6, 6.07) is 10.0. The molecule has 9 heteroatoms. The SMILES string of the molecule is CN(C)CC(=O)Nc1ccc(-c2cc3c(cc2F)c(=O)c2c(=O)[nH]sc2n3C2CC2)cc1. The fourth-order valence-electron chi connectivity index (χ4n) is 3.99. The quantitative estimate of drug-likeness (QED) is 0.485. The number of hydrogen-bond donors (Lipinski definition) is 2. The molecule has 1 aliphatic rings. The number of nitrogens with one attached hydrogen (secondary N) is 2. The van der Waals surface area contributed by atoms with Crippen LogP contribution in [-0.4, -0.2) is 40.4 Å². The van der Waals surface area contributed by atoms with Crippen LogP contribution in [0.4, 0.5) is 10.1 Å². The molecule has 0 spiro atoms. The van der Waals surface area contributed by atoms with Gasteiger partial charge in [0.05, 0.1) is 12.1 Å². The molecule has 2 aromatic heterocycles. The van der Waals surface area contributed by atoms with Gasteiger partial charge in [0.25, 0.3) is 5.56 Å². The molecule has 1 aliphatic carbocycles. The number of carbonyl (C=O) groups is 1. The lowest BCUT2D eigenvalue weighted by atomic mass is 10.0. The summed E-state index contributed by atoms with van der Waals surface area (Å²) < 4.78 is 19.7. The third-order valence-corrected chi connectivity index (χ3v) is 6.45. The van der Waals surface area contributed by atoms with Gasteiger partial charge >= 0.3 is 0 Å². The molecule has 2 aromatic carbocycles. The van der Waals surface area contributed by atoms with Crippen molar-refractivity contribution in [2.24, 2.45) is 0 Å². The molecule has 7 nitrogen and oxygen atoms in total. The minimum atomic E-state index is -0.535. The summed E-state index contributed by atoms with van der Waals surface area (Å²) in [5, 5.41) is 3.11. The average Bonchev–Trinajstić information content (AvgIpc) is 3.50. The van der Waals surface area contributed by atoms with E-state index in [0.29, 0.717) is 27.2 Å². The number of likely N-dealkylation sites (N-methyl/N-ethyl adjacent to an activating group) is 1. The van der Waals surface area contributed by atoms with Crippen molar-refractivity contribution in [3.8, 4) is 11.1 Å². The van der Waals surface area contributed by atoms with Crippen molar-refractivity contribution in [3.05, 3.63) is 62.8 Å². The van der Waals surface area contributed by atoms with Crippen LogP contribution in [0, 0.1) is 5.82 Å². The molecular formula is C23H21FN4O3S. The highest BCUT2D eigenvalue weighted by atomic mass is 32.1. The summed E-state index contributed by atoms with van der Waals surface area (Å²) >= 11 is 1.14. The number of halogens is 1. The van der Waals surface area contributed by atoms with Gasteiger partial charge in [-0.3, -0.25) is 18.8 Å². The second kappa shape index (κ2) is 7.68. The molecule has 0 bridgehead atoms. The van der Waals surface area contributed by atoms with Gasteiger partial charge in [-0.2, -0.15) is 0 Å². The number of benzene rings is 2. The number of aromatic amines is 1. The summed E-state index contributed by atoms with van der Waals surface area (Å²) in [4.78, 5) is 39.5. The molecule has 164 valence electrons. The minimum Gasteiger partial charge on any atom is -0.328 e. The highest BCUT2D eigenvalue weighted by molar-refractivity contribution is 7.12. The molecule has 1 amide bonds. The summed E-state index contributed by atoms with van der Waals surface area (Å²) in [7, 11) is 3.62. The topological polar surface area (TPSA) is 87.2 Å². The number of hydrogen-bond acceptors (Lipinski definition) is 5. The Morgan fingerprint density at radius 1 is 1.22 bits per heavy atom. The van der Waals surface area contributed by atoms with Gasteiger partial charge in [0.2, 0.25) is 11.3 Å². The van der Waals surface area contributed by atoms with E-state index in [9.17, 15) is 14.4 Å². The van der Waals surface area contributed by atoms with E-state index in [0.717, 1.165) is 24.4 Å². The first-order valence-corrected chi connectivity index (χ1v) is 11.1. The third kappa shape index (κ3) is 3.53. The number of H-pyrrole nitrogens is 1. The van der Waals surface area contributed by atoms with Crippen molar-refractivity contribution in [1.82, 2.24) is 13.8 Å². The summed E-state index contributed by atoms with van der Waals surface area (Å²) in [5.74, 6) is -0.671. The largest absolute Gasteiger partial charge is 0.328 e. The smallest absolute Gasteiger partial charge is 0.271 e. The van der Waals surface area contributed by atoms with Crippen LogP contribution < -0.4 is 16.3 Å². The minimum absolute atomic E-state index is 0.0966. The van der Waals surface area contributed by atoms with E-state index >= 15 is 4.39 Å². The summed E-state index contributed by atoms with van der Waals surface area (Å²) in [6.07, 6.45) is 1.90. The van der Waals surface area contributed by atoms with Crippen molar-refractivity contribution in [2.75, 3.05) is 26.0 Å². The molecule has 0 aliphatic heterocycles. The number of nitrogens with zero attached hydrogens (tertiary/aromatic N) is 2. The molecule has 5 rings (SSSR count). The lowest BCUT2D eigenvalue weighted by Crippen LogP contribution is -2.27. The number of rotatable bonds is 5. The molecule has 4 aromatic rings. The van der Waals surface area contributed by atoms with Crippen LogP contribution in [0.1, 0.15) is 18.9 Å². The van der Waals surface area contributed by atoms with E-state index in [1.807, 2.05) is 18.7 Å². The van der Waals surface area contributed by atoms with Crippen LogP contribution in [0.5, 0.6) is 0 Å². The van der Waals surface area contributed by atoms with Crippen LogP contribution in [0.2, 0.25) is 0 Å². The van der Waals surface area contributed by atoms with Crippen LogP contribution in [-0.2, 0) is 4.79 Å². The van der Waals surface area contributed by atoms with Crippen LogP contribution in [0.15, 0.2) is 46.0 Å². The van der Waals surface area contributed by atoms with Gasteiger partial charge in [0.15, 0.2) is 0 Å². The summed E-state index contributed by atoms with van der Waals surface area (Å²) in [6.45, 7) is 0.263. The summed E-state index contributed by atoms with van der Waals surface area (Å²) in [5.41, 5.74) is 1.36. The Morgan fingerprint density at radius 3 is 2.59 bits per heavy atom. The average molecular weight is 453 g/mol. The fraction of sp³-hybridized carbons (Fsp3) is 0.261. The maximum absolute atomic E-state index is 15.1. The Bertz CT molecular complexity index is 1480. The van der Waals surface area contributed by atoms with Crippen molar-refractivity contribution in [3.63, 3.8) is 0 Å². The van der Waals surface area contributed by atoms with E-state index in [2.05, 4.69) is 9.69 Å². The zero-order valence-electron chi connectivity index (χ0n) is 17.6. The number of anilines is 1. The zero-order chi connectivity index (χ0) is 22.6. The van der Waals surface area contributed by atoms with E-state index in [1.54, 1.807) is 35.2 Å². The number of fused-ring (bicyclic) bond motifs is 2. The van der Waals surface area contributed by atoms with Gasteiger partial charge in [0, 0.05) is 22.7 Å². The standard InChI is InChI=1S/C23H21FN4O3S/c1-27(2)11-19(29)25-13-5-3-12(4-6-13)15-10-18-16(9-17(15)24)21(30)20-22(31)26-32-23(20)28(18)14-7-8-14/h3-6,9-10,14H,7-8,11H2,1-2H3,(H,25,29)(H,26,31). The van der Waals surface area contributed by atoms with Crippen LogP contribution in [0.3, 0.4) is 0 Å². The molecule has 0 atom stereocenters. The van der Waals surface area contributed by atoms with E-state index < -0.39 is 16.8 Å². The third-order valence-electron chi connectivity index (χ3n) is 5.57. The maximum atomic E-state index is 15.1. The second-order valence-electron chi connectivity index (χ2n) is 8.36. The molecule has 2 N–H and O–H groups in total. The van der Waals surface area contributed by atoms with Crippen molar-refractivity contribution >= 4 is 44.2 Å². The Labute approximate surface area is 186 Å². The van der Waals surface area contributed by atoms with Crippen molar-refractivity contribution < 1.29 is 9.18 Å².